The third-order valence-electron chi connectivity index (χ3n) is 14.8. The van der Waals surface area contributed by atoms with E-state index in [0.29, 0.717) is 0 Å². The lowest BCUT2D eigenvalue weighted by Crippen LogP contribution is -1.94. The molecule has 0 bridgehead atoms. The Labute approximate surface area is 386 Å². The van der Waals surface area contributed by atoms with Crippen molar-refractivity contribution in [2.24, 2.45) is 0 Å². The van der Waals surface area contributed by atoms with Gasteiger partial charge in [-0.3, -0.25) is 0 Å². The Bertz CT molecular complexity index is 4480. The van der Waals surface area contributed by atoms with Gasteiger partial charge in [-0.25, -0.2) is 0 Å². The predicted molar refractivity (Wildman–Crippen MR) is 286 cm³/mol. The van der Waals surface area contributed by atoms with Gasteiger partial charge in [-0.05, 0) is 138 Å². The van der Waals surface area contributed by atoms with E-state index in [9.17, 15) is 0 Å². The summed E-state index contributed by atoms with van der Waals surface area (Å²) in [6.45, 7) is 0. The molecule has 1 heteroatoms. The van der Waals surface area contributed by atoms with Gasteiger partial charge in [0.1, 0.15) is 11.2 Å². The quantitative estimate of drug-likeness (QED) is 0.157. The van der Waals surface area contributed by atoms with Crippen LogP contribution in [0.2, 0.25) is 0 Å². The van der Waals surface area contributed by atoms with Crippen LogP contribution in [0.1, 0.15) is 0 Å². The van der Waals surface area contributed by atoms with E-state index in [1.807, 2.05) is 0 Å². The van der Waals surface area contributed by atoms with Gasteiger partial charge >= 0.3 is 0 Å². The Balaban J connectivity index is 1.21. The Hall–Kier alpha value is -8.78. The maximum Gasteiger partial charge on any atom is 0.143 e. The molecule has 15 aromatic rings. The second-order valence-electron chi connectivity index (χ2n) is 18.1. The van der Waals surface area contributed by atoms with Crippen LogP contribution >= 0.6 is 0 Å². The summed E-state index contributed by atoms with van der Waals surface area (Å²) in [5.41, 5.74) is 13.9. The van der Waals surface area contributed by atoms with Gasteiger partial charge < -0.3 is 4.42 Å². The van der Waals surface area contributed by atoms with Crippen molar-refractivity contribution in [3.05, 3.63) is 231 Å². The predicted octanol–water partition coefficient (Wildman–Crippen LogP) is 18.9. The van der Waals surface area contributed by atoms with Crippen LogP contribution in [0.15, 0.2) is 235 Å². The van der Waals surface area contributed by atoms with Gasteiger partial charge in [-0.15, -0.1) is 0 Å². The first-order valence-electron chi connectivity index (χ1n) is 23.3. The first-order valence-corrected chi connectivity index (χ1v) is 23.3. The number of para-hydroxylation sites is 2. The van der Waals surface area contributed by atoms with Gasteiger partial charge in [0.15, 0.2) is 0 Å². The molecular formula is C66H38O. The van der Waals surface area contributed by atoms with Gasteiger partial charge in [0, 0.05) is 16.3 Å². The van der Waals surface area contributed by atoms with Crippen molar-refractivity contribution in [3.8, 4) is 55.6 Å². The number of hydrogen-bond acceptors (Lipinski definition) is 1. The number of fused-ring (bicyclic) bond motifs is 11. The van der Waals surface area contributed by atoms with Crippen molar-refractivity contribution in [2.75, 3.05) is 0 Å². The van der Waals surface area contributed by atoms with Crippen molar-refractivity contribution in [2.45, 2.75) is 0 Å². The van der Waals surface area contributed by atoms with Crippen LogP contribution in [0, 0.1) is 0 Å². The van der Waals surface area contributed by atoms with Gasteiger partial charge in [-0.1, -0.05) is 218 Å². The first kappa shape index (κ1) is 36.5. The lowest BCUT2D eigenvalue weighted by molar-refractivity contribution is 0.670. The molecule has 1 heterocycles. The maximum atomic E-state index is 6.73. The molecule has 1 aromatic heterocycles. The van der Waals surface area contributed by atoms with Crippen LogP contribution in [0.3, 0.4) is 0 Å². The SMILES string of the molecule is c1ccc(-c2ccccc2-c2c3cc4c5ccccc5c5cccc(c3c(-c3ccccc3-c3ccccc3)c3c6ccc(-c7cccc8c7oc7ccccc78)c7cccc(c23)c76)c54)cc1. The largest absolute Gasteiger partial charge is 0.455 e. The van der Waals surface area contributed by atoms with E-state index in [-0.39, 0.29) is 0 Å². The molecule has 308 valence electrons. The molecule has 0 spiro atoms. The van der Waals surface area contributed by atoms with Gasteiger partial charge in [0.2, 0.25) is 0 Å². The maximum absolute atomic E-state index is 6.73. The topological polar surface area (TPSA) is 13.1 Å². The zero-order valence-electron chi connectivity index (χ0n) is 36.3. The molecule has 0 unspecified atom stereocenters. The van der Waals surface area contributed by atoms with Crippen molar-refractivity contribution in [1.82, 2.24) is 0 Å². The average Bonchev–Trinajstić information content (AvgIpc) is 4.06. The molecule has 0 aliphatic heterocycles. The van der Waals surface area contributed by atoms with E-state index in [1.165, 1.54) is 125 Å². The third-order valence-corrected chi connectivity index (χ3v) is 14.8. The summed E-state index contributed by atoms with van der Waals surface area (Å²) in [6.07, 6.45) is 0. The zero-order valence-corrected chi connectivity index (χ0v) is 36.3. The molecular weight excluding hydrogens is 809 g/mol. The van der Waals surface area contributed by atoms with E-state index < -0.39 is 0 Å². The standard InChI is InChI=1S/C66H38O/c1-3-18-39(19-4-1)41-22-7-11-27-47(41)61-57-38-56-44-25-10-9-24-43(44)49-29-15-33-53(60(49)56)62(57)63(48-28-12-8-23-42(48)40-20-5-2-6-21-40)65-55-37-36-45(50-30-16-34-54(59(50)55)64(61)65)51-31-17-32-52-46-26-13-14-35-58(46)67-66(51)52/h1-38H. The Morgan fingerprint density at radius 3 is 1.39 bits per heavy atom. The summed E-state index contributed by atoms with van der Waals surface area (Å²) in [4.78, 5) is 0. The van der Waals surface area contributed by atoms with Gasteiger partial charge in [0.25, 0.3) is 0 Å². The highest BCUT2D eigenvalue weighted by molar-refractivity contribution is 6.45. The Morgan fingerprint density at radius 1 is 0.209 bits per heavy atom. The summed E-state index contributed by atoms with van der Waals surface area (Å²) >= 11 is 0. The molecule has 0 atom stereocenters. The lowest BCUT2D eigenvalue weighted by Gasteiger charge is -2.22. The summed E-state index contributed by atoms with van der Waals surface area (Å²) in [5, 5.41) is 20.2. The van der Waals surface area contributed by atoms with Crippen molar-refractivity contribution >= 4 is 97.3 Å². The number of benzene rings is 12. The molecule has 0 amide bonds. The van der Waals surface area contributed by atoms with E-state index in [0.717, 1.165) is 27.5 Å². The summed E-state index contributed by atoms with van der Waals surface area (Å²) < 4.78 is 6.73. The zero-order chi connectivity index (χ0) is 43.7. The highest BCUT2D eigenvalue weighted by Gasteiger charge is 2.29. The molecule has 0 radical (unpaired) electrons. The molecule has 0 saturated carbocycles. The fraction of sp³-hybridized carbons (Fsp3) is 0. The Morgan fingerprint density at radius 2 is 0.672 bits per heavy atom. The third kappa shape index (κ3) is 5.03. The summed E-state index contributed by atoms with van der Waals surface area (Å²) in [5.74, 6) is 0. The number of rotatable bonds is 5. The van der Waals surface area contributed by atoms with Gasteiger partial charge in [0.05, 0.1) is 0 Å². The molecule has 0 fully saturated rings. The van der Waals surface area contributed by atoms with Crippen molar-refractivity contribution in [1.29, 1.82) is 0 Å². The molecule has 14 aromatic carbocycles. The van der Waals surface area contributed by atoms with Crippen LogP contribution in [0.4, 0.5) is 0 Å². The summed E-state index contributed by atoms with van der Waals surface area (Å²) in [7, 11) is 0. The monoisotopic (exact) mass is 846 g/mol. The second kappa shape index (κ2) is 13.9. The summed E-state index contributed by atoms with van der Waals surface area (Å²) in [6, 6.07) is 85.3. The number of furan rings is 1. The average molecular weight is 847 g/mol. The van der Waals surface area contributed by atoms with Crippen LogP contribution in [0.25, 0.3) is 153 Å². The van der Waals surface area contributed by atoms with E-state index >= 15 is 0 Å². The molecule has 15 rings (SSSR count). The first-order chi connectivity index (χ1) is 33.3. The van der Waals surface area contributed by atoms with E-state index in [2.05, 4.69) is 231 Å². The minimum Gasteiger partial charge on any atom is -0.455 e. The smallest absolute Gasteiger partial charge is 0.143 e. The molecule has 67 heavy (non-hydrogen) atoms. The van der Waals surface area contributed by atoms with Crippen molar-refractivity contribution < 1.29 is 4.42 Å². The number of hydrogen-bond donors (Lipinski definition) is 0. The highest BCUT2D eigenvalue weighted by atomic mass is 16.3. The van der Waals surface area contributed by atoms with E-state index in [1.54, 1.807) is 0 Å². The minimum atomic E-state index is 0.906. The molecule has 0 aliphatic rings. The van der Waals surface area contributed by atoms with Crippen molar-refractivity contribution in [3.63, 3.8) is 0 Å². The van der Waals surface area contributed by atoms with Crippen LogP contribution < -0.4 is 0 Å². The van der Waals surface area contributed by atoms with Crippen LogP contribution in [-0.4, -0.2) is 0 Å². The van der Waals surface area contributed by atoms with Crippen LogP contribution in [-0.2, 0) is 0 Å². The second-order valence-corrected chi connectivity index (χ2v) is 18.1. The molecule has 0 N–H and O–H groups in total. The Kier molecular flexibility index (Phi) is 7.56. The molecule has 0 aliphatic carbocycles. The molecule has 1 nitrogen and oxygen atoms in total. The fourth-order valence-corrected chi connectivity index (χ4v) is 12.1. The van der Waals surface area contributed by atoms with Gasteiger partial charge in [-0.2, -0.15) is 0 Å². The van der Waals surface area contributed by atoms with Crippen LogP contribution in [0.5, 0.6) is 0 Å². The normalized spacial score (nSPS) is 12.2. The van der Waals surface area contributed by atoms with E-state index in [4.69, 9.17) is 4.42 Å². The molecule has 0 saturated heterocycles. The fourth-order valence-electron chi connectivity index (χ4n) is 12.1. The highest BCUT2D eigenvalue weighted by Crippen LogP contribution is 2.57. The minimum absolute atomic E-state index is 0.906. The lowest BCUT2D eigenvalue weighted by atomic mass is 9.81.